The molecule has 2 heterocycles. The van der Waals surface area contributed by atoms with E-state index in [2.05, 4.69) is 29.3 Å². The van der Waals surface area contributed by atoms with Gasteiger partial charge in [-0.25, -0.2) is 0 Å². The number of carbonyl (C=O) groups is 1. The minimum Gasteiger partial charge on any atom is -0.325 e. The highest BCUT2D eigenvalue weighted by atomic mass is 16.2. The number of hydrogen-bond acceptors (Lipinski definition) is 2. The molecule has 96 valence electrons. The van der Waals surface area contributed by atoms with E-state index in [0.717, 1.165) is 44.6 Å². The number of benzene rings is 1. The molecule has 1 N–H and O–H groups in total. The maximum absolute atomic E-state index is 12.4. The Morgan fingerprint density at radius 2 is 2.00 bits per heavy atom. The van der Waals surface area contributed by atoms with Crippen LogP contribution in [-0.4, -0.2) is 30.4 Å². The minimum atomic E-state index is -0.153. The molecule has 0 bridgehead atoms. The monoisotopic (exact) mass is 244 g/mol. The van der Waals surface area contributed by atoms with Crippen molar-refractivity contribution in [1.82, 2.24) is 4.90 Å². The van der Waals surface area contributed by atoms with Gasteiger partial charge in [-0.1, -0.05) is 25.1 Å². The molecule has 0 saturated carbocycles. The number of anilines is 1. The Kier molecular flexibility index (Phi) is 2.86. The van der Waals surface area contributed by atoms with Crippen LogP contribution in [0.5, 0.6) is 0 Å². The molecule has 0 unspecified atom stereocenters. The normalized spacial score (nSPS) is 22.6. The van der Waals surface area contributed by atoms with Crippen molar-refractivity contribution in [2.75, 3.05) is 25.0 Å². The van der Waals surface area contributed by atoms with Crippen molar-refractivity contribution in [2.24, 2.45) is 5.41 Å². The van der Waals surface area contributed by atoms with E-state index in [0.29, 0.717) is 0 Å². The molecule has 0 atom stereocenters. The van der Waals surface area contributed by atoms with Crippen LogP contribution in [0, 0.1) is 5.41 Å². The van der Waals surface area contributed by atoms with Crippen molar-refractivity contribution < 1.29 is 4.79 Å². The summed E-state index contributed by atoms with van der Waals surface area (Å²) in [5.41, 5.74) is 2.15. The summed E-state index contributed by atoms with van der Waals surface area (Å²) in [5.74, 6) is 0.233. The first-order chi connectivity index (χ1) is 8.73. The molecule has 0 radical (unpaired) electrons. The number of nitrogens with one attached hydrogen (secondary N) is 1. The summed E-state index contributed by atoms with van der Waals surface area (Å²) in [7, 11) is 0. The highest BCUT2D eigenvalue weighted by Gasteiger charge is 2.43. The Balaban J connectivity index is 1.85. The maximum atomic E-state index is 12.4. The molecule has 1 saturated heterocycles. The zero-order chi connectivity index (χ0) is 12.6. The quantitative estimate of drug-likeness (QED) is 0.822. The van der Waals surface area contributed by atoms with Crippen molar-refractivity contribution in [1.29, 1.82) is 0 Å². The molecule has 0 aliphatic carbocycles. The summed E-state index contributed by atoms with van der Waals surface area (Å²) in [6.45, 7) is 5.38. The van der Waals surface area contributed by atoms with Gasteiger partial charge in [-0.3, -0.25) is 4.79 Å². The summed E-state index contributed by atoms with van der Waals surface area (Å²) in [6, 6.07) is 8.19. The van der Waals surface area contributed by atoms with E-state index >= 15 is 0 Å². The lowest BCUT2D eigenvalue weighted by Crippen LogP contribution is -2.49. The van der Waals surface area contributed by atoms with E-state index < -0.39 is 0 Å². The van der Waals surface area contributed by atoms with Crippen molar-refractivity contribution in [3.8, 4) is 0 Å². The molecule has 1 aromatic carbocycles. The second kappa shape index (κ2) is 4.39. The van der Waals surface area contributed by atoms with E-state index in [4.69, 9.17) is 0 Å². The van der Waals surface area contributed by atoms with Crippen molar-refractivity contribution in [3.05, 3.63) is 29.8 Å². The number of nitrogens with zero attached hydrogens (tertiary/aromatic N) is 1. The van der Waals surface area contributed by atoms with Crippen LogP contribution in [0.15, 0.2) is 24.3 Å². The average molecular weight is 244 g/mol. The molecule has 2 aliphatic rings. The van der Waals surface area contributed by atoms with Crippen LogP contribution in [0.25, 0.3) is 0 Å². The molecule has 1 aromatic rings. The number of carbonyl (C=O) groups excluding carboxylic acids is 1. The number of hydrogen-bond donors (Lipinski definition) is 1. The fourth-order valence-electron chi connectivity index (χ4n) is 3.20. The lowest BCUT2D eigenvalue weighted by Gasteiger charge is -2.43. The van der Waals surface area contributed by atoms with Crippen LogP contribution >= 0.6 is 0 Å². The summed E-state index contributed by atoms with van der Waals surface area (Å²) in [6.07, 6.45) is 2.88. The van der Waals surface area contributed by atoms with E-state index in [1.165, 1.54) is 5.56 Å². The Morgan fingerprint density at radius 3 is 2.72 bits per heavy atom. The molecule has 1 amide bonds. The lowest BCUT2D eigenvalue weighted by atomic mass is 9.71. The topological polar surface area (TPSA) is 32.3 Å². The van der Waals surface area contributed by atoms with Gasteiger partial charge in [0.2, 0.25) is 5.91 Å². The van der Waals surface area contributed by atoms with Crippen LogP contribution < -0.4 is 5.32 Å². The van der Waals surface area contributed by atoms with Crippen LogP contribution in [0.4, 0.5) is 5.69 Å². The molecule has 3 rings (SSSR count). The van der Waals surface area contributed by atoms with Gasteiger partial charge in [0.05, 0.1) is 5.41 Å². The molecule has 3 nitrogen and oxygen atoms in total. The van der Waals surface area contributed by atoms with Crippen molar-refractivity contribution in [2.45, 2.75) is 26.2 Å². The van der Waals surface area contributed by atoms with E-state index in [9.17, 15) is 4.79 Å². The van der Waals surface area contributed by atoms with Gasteiger partial charge in [0.1, 0.15) is 0 Å². The van der Waals surface area contributed by atoms with Gasteiger partial charge in [-0.05, 0) is 50.5 Å². The first-order valence-corrected chi connectivity index (χ1v) is 6.85. The standard InChI is InChI=1S/C15H20N2O/c1-2-17-9-7-15(8-10-17)11-12-5-3-4-6-13(12)16-14(15)18/h3-6H,2,7-11H2,1H3,(H,16,18). The van der Waals surface area contributed by atoms with Gasteiger partial charge < -0.3 is 10.2 Å². The highest BCUT2D eigenvalue weighted by molar-refractivity contribution is 5.98. The number of fused-ring (bicyclic) bond motifs is 1. The predicted molar refractivity (Wildman–Crippen MR) is 72.6 cm³/mol. The van der Waals surface area contributed by atoms with Gasteiger partial charge in [-0.2, -0.15) is 0 Å². The zero-order valence-corrected chi connectivity index (χ0v) is 10.9. The molecule has 0 aromatic heterocycles. The van der Waals surface area contributed by atoms with Gasteiger partial charge in [-0.15, -0.1) is 0 Å². The number of rotatable bonds is 1. The molecule has 18 heavy (non-hydrogen) atoms. The summed E-state index contributed by atoms with van der Waals surface area (Å²) in [5, 5.41) is 3.10. The third-order valence-corrected chi connectivity index (χ3v) is 4.54. The second-order valence-electron chi connectivity index (χ2n) is 5.50. The molecule has 3 heteroatoms. The average Bonchev–Trinajstić information content (AvgIpc) is 2.41. The van der Waals surface area contributed by atoms with E-state index in [-0.39, 0.29) is 11.3 Å². The highest BCUT2D eigenvalue weighted by Crippen LogP contribution is 2.41. The van der Waals surface area contributed by atoms with E-state index in [1.807, 2.05) is 12.1 Å². The van der Waals surface area contributed by atoms with Gasteiger partial charge in [0.15, 0.2) is 0 Å². The Hall–Kier alpha value is -1.35. The minimum absolute atomic E-state index is 0.153. The van der Waals surface area contributed by atoms with Gasteiger partial charge in [0, 0.05) is 5.69 Å². The summed E-state index contributed by atoms with van der Waals surface area (Å²) >= 11 is 0. The summed E-state index contributed by atoms with van der Waals surface area (Å²) < 4.78 is 0. The van der Waals surface area contributed by atoms with Crippen LogP contribution in [0.2, 0.25) is 0 Å². The van der Waals surface area contributed by atoms with Crippen LogP contribution in [-0.2, 0) is 11.2 Å². The third-order valence-electron chi connectivity index (χ3n) is 4.54. The third kappa shape index (κ3) is 1.83. The fraction of sp³-hybridized carbons (Fsp3) is 0.533. The first kappa shape index (κ1) is 11.7. The molecule has 1 spiro atoms. The molecular formula is C15H20N2O. The largest absolute Gasteiger partial charge is 0.325 e. The predicted octanol–water partition coefficient (Wildman–Crippen LogP) is 2.28. The lowest BCUT2D eigenvalue weighted by molar-refractivity contribution is -0.128. The Bertz CT molecular complexity index is 461. The van der Waals surface area contributed by atoms with E-state index in [1.54, 1.807) is 0 Å². The first-order valence-electron chi connectivity index (χ1n) is 6.85. The second-order valence-corrected chi connectivity index (χ2v) is 5.50. The number of likely N-dealkylation sites (tertiary alicyclic amines) is 1. The molecular weight excluding hydrogens is 224 g/mol. The van der Waals surface area contributed by atoms with Gasteiger partial charge >= 0.3 is 0 Å². The zero-order valence-electron chi connectivity index (χ0n) is 10.9. The SMILES string of the molecule is CCN1CCC2(CC1)Cc1ccccc1NC2=O. The van der Waals surface area contributed by atoms with Gasteiger partial charge in [0.25, 0.3) is 0 Å². The van der Waals surface area contributed by atoms with Crippen LogP contribution in [0.1, 0.15) is 25.3 Å². The number of amides is 1. The fourth-order valence-corrected chi connectivity index (χ4v) is 3.20. The Labute approximate surface area is 108 Å². The summed E-state index contributed by atoms with van der Waals surface area (Å²) in [4.78, 5) is 14.8. The molecule has 1 fully saturated rings. The smallest absolute Gasteiger partial charge is 0.231 e. The number of piperidine rings is 1. The Morgan fingerprint density at radius 1 is 1.28 bits per heavy atom. The van der Waals surface area contributed by atoms with Crippen molar-refractivity contribution >= 4 is 11.6 Å². The van der Waals surface area contributed by atoms with Crippen molar-refractivity contribution in [3.63, 3.8) is 0 Å². The number of para-hydroxylation sites is 1. The molecule has 2 aliphatic heterocycles. The van der Waals surface area contributed by atoms with Crippen LogP contribution in [0.3, 0.4) is 0 Å². The maximum Gasteiger partial charge on any atom is 0.231 e.